The lowest BCUT2D eigenvalue weighted by Gasteiger charge is -2.37. The summed E-state index contributed by atoms with van der Waals surface area (Å²) in [4.78, 5) is 19.6. The fourth-order valence-electron chi connectivity index (χ4n) is 4.27. The van der Waals surface area contributed by atoms with Crippen molar-refractivity contribution in [3.63, 3.8) is 0 Å². The number of hydrogen-bond acceptors (Lipinski definition) is 3. The molecule has 148 valence electrons. The average molecular weight is 378 g/mol. The minimum absolute atomic E-state index is 0.151. The summed E-state index contributed by atoms with van der Waals surface area (Å²) >= 11 is 0. The van der Waals surface area contributed by atoms with Crippen LogP contribution in [0.2, 0.25) is 0 Å². The van der Waals surface area contributed by atoms with Gasteiger partial charge in [-0.15, -0.1) is 0 Å². The first-order valence-corrected chi connectivity index (χ1v) is 10.6. The molecule has 4 nitrogen and oxygen atoms in total. The topological polar surface area (TPSA) is 26.8 Å². The Hall–Kier alpha value is -2.49. The van der Waals surface area contributed by atoms with Crippen molar-refractivity contribution in [1.29, 1.82) is 0 Å². The summed E-state index contributed by atoms with van der Waals surface area (Å²) in [6, 6.07) is 16.9. The van der Waals surface area contributed by atoms with Gasteiger partial charge in [0.1, 0.15) is 0 Å². The zero-order valence-corrected chi connectivity index (χ0v) is 17.1. The van der Waals surface area contributed by atoms with Crippen LogP contribution in [0.5, 0.6) is 0 Å². The average Bonchev–Trinajstić information content (AvgIpc) is 2.74. The van der Waals surface area contributed by atoms with Crippen molar-refractivity contribution in [3.8, 4) is 0 Å². The van der Waals surface area contributed by atoms with E-state index >= 15 is 0 Å². The van der Waals surface area contributed by atoms with E-state index in [0.717, 1.165) is 43.2 Å². The normalized spacial score (nSPS) is 18.4. The molecule has 2 aromatic carbocycles. The van der Waals surface area contributed by atoms with E-state index in [1.165, 1.54) is 37.3 Å². The number of amides is 1. The van der Waals surface area contributed by atoms with Gasteiger partial charge in [-0.1, -0.05) is 24.6 Å². The molecule has 28 heavy (non-hydrogen) atoms. The summed E-state index contributed by atoms with van der Waals surface area (Å²) in [6.07, 6.45) is 2.58. The number of aryl methyl sites for hydroxylation is 1. The van der Waals surface area contributed by atoms with Gasteiger partial charge in [0, 0.05) is 56.2 Å². The second-order valence-electron chi connectivity index (χ2n) is 8.33. The minimum atomic E-state index is 0.151. The van der Waals surface area contributed by atoms with E-state index in [1.807, 2.05) is 36.1 Å². The Morgan fingerprint density at radius 3 is 1.96 bits per heavy atom. The standard InChI is InChI=1S/C24H31N3O/c1-19-10-12-25(13-11-19)22-6-8-23(9-7-22)26-14-16-27(17-15-26)24(28)21-5-3-4-20(2)18-21/h3-9,18-19H,10-17H2,1-2H3. The number of piperazine rings is 1. The molecule has 2 aliphatic heterocycles. The summed E-state index contributed by atoms with van der Waals surface area (Å²) in [5, 5.41) is 0. The summed E-state index contributed by atoms with van der Waals surface area (Å²) in [5.41, 5.74) is 4.53. The van der Waals surface area contributed by atoms with Crippen LogP contribution in [0.15, 0.2) is 48.5 Å². The smallest absolute Gasteiger partial charge is 0.253 e. The highest BCUT2D eigenvalue weighted by molar-refractivity contribution is 5.94. The molecule has 2 fully saturated rings. The molecule has 0 aliphatic carbocycles. The maximum atomic E-state index is 12.7. The summed E-state index contributed by atoms with van der Waals surface area (Å²) < 4.78 is 0. The molecule has 2 aromatic rings. The number of anilines is 2. The van der Waals surface area contributed by atoms with E-state index in [2.05, 4.69) is 41.0 Å². The lowest BCUT2D eigenvalue weighted by Crippen LogP contribution is -2.48. The quantitative estimate of drug-likeness (QED) is 0.802. The molecule has 0 saturated carbocycles. The molecule has 0 aromatic heterocycles. The van der Waals surface area contributed by atoms with Crippen LogP contribution in [-0.2, 0) is 0 Å². The Morgan fingerprint density at radius 2 is 1.39 bits per heavy atom. The molecule has 0 spiro atoms. The second-order valence-corrected chi connectivity index (χ2v) is 8.33. The van der Waals surface area contributed by atoms with E-state index in [4.69, 9.17) is 0 Å². The summed E-state index contributed by atoms with van der Waals surface area (Å²) in [5.74, 6) is 1.01. The predicted octanol–water partition coefficient (Wildman–Crippen LogP) is 4.19. The van der Waals surface area contributed by atoms with Gasteiger partial charge in [-0.3, -0.25) is 4.79 Å². The van der Waals surface area contributed by atoms with Crippen LogP contribution in [0.3, 0.4) is 0 Å². The molecular weight excluding hydrogens is 346 g/mol. The SMILES string of the molecule is Cc1cccc(C(=O)N2CCN(c3ccc(N4CCC(C)CC4)cc3)CC2)c1. The van der Waals surface area contributed by atoms with Gasteiger partial charge in [0.15, 0.2) is 0 Å². The molecule has 2 heterocycles. The number of piperidine rings is 1. The van der Waals surface area contributed by atoms with Gasteiger partial charge in [0.2, 0.25) is 0 Å². The van der Waals surface area contributed by atoms with Gasteiger partial charge < -0.3 is 14.7 Å². The highest BCUT2D eigenvalue weighted by atomic mass is 16.2. The lowest BCUT2D eigenvalue weighted by atomic mass is 9.99. The first-order chi connectivity index (χ1) is 13.6. The lowest BCUT2D eigenvalue weighted by molar-refractivity contribution is 0.0746. The number of rotatable bonds is 3. The van der Waals surface area contributed by atoms with E-state index < -0.39 is 0 Å². The maximum Gasteiger partial charge on any atom is 0.253 e. The molecule has 1 amide bonds. The number of benzene rings is 2. The van der Waals surface area contributed by atoms with Gasteiger partial charge in [0.05, 0.1) is 0 Å². The Morgan fingerprint density at radius 1 is 0.821 bits per heavy atom. The zero-order chi connectivity index (χ0) is 19.5. The zero-order valence-electron chi connectivity index (χ0n) is 17.1. The third kappa shape index (κ3) is 4.16. The van der Waals surface area contributed by atoms with Gasteiger partial charge in [-0.25, -0.2) is 0 Å². The van der Waals surface area contributed by atoms with Crippen molar-refractivity contribution in [1.82, 2.24) is 4.90 Å². The Bertz CT molecular complexity index is 801. The Labute approximate surface area is 168 Å². The second kappa shape index (κ2) is 8.26. The molecule has 0 atom stereocenters. The van der Waals surface area contributed by atoms with Crippen molar-refractivity contribution < 1.29 is 4.79 Å². The number of nitrogens with zero attached hydrogens (tertiary/aromatic N) is 3. The third-order valence-electron chi connectivity index (χ3n) is 6.20. The van der Waals surface area contributed by atoms with Crippen LogP contribution in [0, 0.1) is 12.8 Å². The molecule has 4 rings (SSSR count). The molecule has 0 radical (unpaired) electrons. The molecule has 0 unspecified atom stereocenters. The van der Waals surface area contributed by atoms with Gasteiger partial charge in [-0.2, -0.15) is 0 Å². The fraction of sp³-hybridized carbons (Fsp3) is 0.458. The number of carbonyl (C=O) groups excluding carboxylic acids is 1. The van der Waals surface area contributed by atoms with E-state index in [1.54, 1.807) is 0 Å². The Kier molecular flexibility index (Phi) is 5.56. The van der Waals surface area contributed by atoms with Gasteiger partial charge in [-0.05, 0) is 62.1 Å². The fourth-order valence-corrected chi connectivity index (χ4v) is 4.27. The minimum Gasteiger partial charge on any atom is -0.372 e. The number of carbonyl (C=O) groups is 1. The Balaban J connectivity index is 1.34. The highest BCUT2D eigenvalue weighted by Gasteiger charge is 2.23. The van der Waals surface area contributed by atoms with E-state index in [-0.39, 0.29) is 5.91 Å². The maximum absolute atomic E-state index is 12.7. The van der Waals surface area contributed by atoms with Crippen molar-refractivity contribution in [2.75, 3.05) is 49.1 Å². The first kappa shape index (κ1) is 18.9. The summed E-state index contributed by atoms with van der Waals surface area (Å²) in [7, 11) is 0. The van der Waals surface area contributed by atoms with Crippen LogP contribution >= 0.6 is 0 Å². The van der Waals surface area contributed by atoms with Crippen molar-refractivity contribution >= 4 is 17.3 Å². The van der Waals surface area contributed by atoms with Gasteiger partial charge in [0.25, 0.3) is 5.91 Å². The van der Waals surface area contributed by atoms with Crippen molar-refractivity contribution in [2.45, 2.75) is 26.7 Å². The van der Waals surface area contributed by atoms with Crippen molar-refractivity contribution in [2.24, 2.45) is 5.92 Å². The van der Waals surface area contributed by atoms with E-state index in [9.17, 15) is 4.79 Å². The summed E-state index contributed by atoms with van der Waals surface area (Å²) in [6.45, 7) is 10.0. The van der Waals surface area contributed by atoms with Crippen LogP contribution in [-0.4, -0.2) is 50.1 Å². The van der Waals surface area contributed by atoms with Crippen LogP contribution in [0.1, 0.15) is 35.7 Å². The van der Waals surface area contributed by atoms with Crippen LogP contribution in [0.25, 0.3) is 0 Å². The monoisotopic (exact) mass is 377 g/mol. The van der Waals surface area contributed by atoms with E-state index in [0.29, 0.717) is 0 Å². The van der Waals surface area contributed by atoms with Crippen LogP contribution < -0.4 is 9.80 Å². The van der Waals surface area contributed by atoms with Crippen molar-refractivity contribution in [3.05, 3.63) is 59.7 Å². The first-order valence-electron chi connectivity index (χ1n) is 10.6. The molecule has 2 aliphatic rings. The highest BCUT2D eigenvalue weighted by Crippen LogP contribution is 2.26. The molecule has 0 bridgehead atoms. The molecule has 4 heteroatoms. The predicted molar refractivity (Wildman–Crippen MR) is 116 cm³/mol. The van der Waals surface area contributed by atoms with Gasteiger partial charge >= 0.3 is 0 Å². The largest absolute Gasteiger partial charge is 0.372 e. The van der Waals surface area contributed by atoms with Crippen LogP contribution in [0.4, 0.5) is 11.4 Å². The number of hydrogen-bond donors (Lipinski definition) is 0. The molecular formula is C24H31N3O. The molecule has 2 saturated heterocycles. The molecule has 0 N–H and O–H groups in total. The third-order valence-corrected chi connectivity index (χ3v) is 6.20.